The molecule has 74 valence electrons. The molecular formula is C11H19NO. The van der Waals surface area contributed by atoms with Gasteiger partial charge in [-0.05, 0) is 50.9 Å². The van der Waals surface area contributed by atoms with Crippen molar-refractivity contribution in [2.75, 3.05) is 6.61 Å². The van der Waals surface area contributed by atoms with E-state index >= 15 is 0 Å². The van der Waals surface area contributed by atoms with E-state index < -0.39 is 0 Å². The average Bonchev–Trinajstić information content (AvgIpc) is 2.92. The normalized spacial score (nSPS) is 43.8. The van der Waals surface area contributed by atoms with Crippen LogP contribution >= 0.6 is 0 Å². The maximum atomic E-state index is 6.07. The topological polar surface area (TPSA) is 21.3 Å². The minimum atomic E-state index is 0.117. The Morgan fingerprint density at radius 2 is 2.08 bits per heavy atom. The van der Waals surface area contributed by atoms with Crippen molar-refractivity contribution in [3.05, 3.63) is 0 Å². The fourth-order valence-electron chi connectivity index (χ4n) is 2.72. The Bertz CT molecular complexity index is 198. The van der Waals surface area contributed by atoms with Gasteiger partial charge in [-0.1, -0.05) is 0 Å². The van der Waals surface area contributed by atoms with Crippen molar-refractivity contribution in [2.45, 2.75) is 56.7 Å². The molecule has 2 heterocycles. The van der Waals surface area contributed by atoms with Crippen LogP contribution in [-0.4, -0.2) is 18.4 Å². The number of rotatable bonds is 3. The maximum Gasteiger partial charge on any atom is 0.119 e. The van der Waals surface area contributed by atoms with Crippen molar-refractivity contribution in [3.8, 4) is 0 Å². The van der Waals surface area contributed by atoms with E-state index in [1.54, 1.807) is 0 Å². The van der Waals surface area contributed by atoms with Crippen LogP contribution in [0.15, 0.2) is 0 Å². The zero-order valence-corrected chi connectivity index (χ0v) is 8.22. The van der Waals surface area contributed by atoms with Crippen molar-refractivity contribution < 1.29 is 4.74 Å². The summed E-state index contributed by atoms with van der Waals surface area (Å²) in [4.78, 5) is 0. The molecule has 13 heavy (non-hydrogen) atoms. The largest absolute Gasteiger partial charge is 0.360 e. The Balaban J connectivity index is 1.59. The molecule has 0 spiro atoms. The van der Waals surface area contributed by atoms with Crippen LogP contribution in [0.4, 0.5) is 0 Å². The van der Waals surface area contributed by atoms with Crippen LogP contribution in [0.25, 0.3) is 0 Å². The van der Waals surface area contributed by atoms with E-state index in [-0.39, 0.29) is 5.72 Å². The first-order valence-corrected chi connectivity index (χ1v) is 5.78. The molecule has 2 bridgehead atoms. The number of hydrogen-bond acceptors (Lipinski definition) is 2. The van der Waals surface area contributed by atoms with Gasteiger partial charge < -0.3 is 4.74 Å². The van der Waals surface area contributed by atoms with Gasteiger partial charge in [-0.3, -0.25) is 5.32 Å². The zero-order valence-electron chi connectivity index (χ0n) is 8.22. The van der Waals surface area contributed by atoms with Crippen LogP contribution in [0, 0.1) is 5.92 Å². The van der Waals surface area contributed by atoms with Gasteiger partial charge in [0.05, 0.1) is 6.61 Å². The van der Waals surface area contributed by atoms with Gasteiger partial charge in [-0.2, -0.15) is 0 Å². The standard InChI is InChI=1S/C11H19NO/c1-2-10-5-7-11(6-1,12-10)13-8-9-3-4-9/h9-10,12H,1-8H2. The van der Waals surface area contributed by atoms with Crippen LogP contribution in [0.1, 0.15) is 44.9 Å². The van der Waals surface area contributed by atoms with E-state index in [1.807, 2.05) is 0 Å². The molecule has 0 amide bonds. The highest BCUT2D eigenvalue weighted by molar-refractivity contribution is 4.95. The maximum absolute atomic E-state index is 6.07. The van der Waals surface area contributed by atoms with Crippen LogP contribution in [0.5, 0.6) is 0 Å². The molecule has 2 saturated heterocycles. The number of nitrogens with one attached hydrogen (secondary N) is 1. The monoisotopic (exact) mass is 181 g/mol. The first kappa shape index (κ1) is 8.25. The van der Waals surface area contributed by atoms with Crippen molar-refractivity contribution >= 4 is 0 Å². The van der Waals surface area contributed by atoms with Gasteiger partial charge in [0.25, 0.3) is 0 Å². The average molecular weight is 181 g/mol. The first-order chi connectivity index (χ1) is 6.36. The summed E-state index contributed by atoms with van der Waals surface area (Å²) < 4.78 is 6.07. The highest BCUT2D eigenvalue weighted by Crippen LogP contribution is 2.38. The van der Waals surface area contributed by atoms with Crippen molar-refractivity contribution in [1.82, 2.24) is 5.32 Å². The highest BCUT2D eigenvalue weighted by atomic mass is 16.5. The summed E-state index contributed by atoms with van der Waals surface area (Å²) in [6.07, 6.45) is 9.38. The molecule has 0 aromatic heterocycles. The Labute approximate surface area is 80.0 Å². The van der Waals surface area contributed by atoms with Gasteiger partial charge in [-0.15, -0.1) is 0 Å². The smallest absolute Gasteiger partial charge is 0.119 e. The second-order valence-corrected chi connectivity index (χ2v) is 5.02. The molecule has 2 heteroatoms. The number of fused-ring (bicyclic) bond motifs is 2. The van der Waals surface area contributed by atoms with E-state index in [0.717, 1.165) is 18.6 Å². The van der Waals surface area contributed by atoms with Crippen LogP contribution in [0.3, 0.4) is 0 Å². The molecule has 0 aromatic carbocycles. The lowest BCUT2D eigenvalue weighted by molar-refractivity contribution is -0.0801. The SMILES string of the molecule is C1CC2CCC(OCC3CC3)(C1)N2. The lowest BCUT2D eigenvalue weighted by atomic mass is 10.0. The van der Waals surface area contributed by atoms with Gasteiger partial charge >= 0.3 is 0 Å². The van der Waals surface area contributed by atoms with E-state index in [4.69, 9.17) is 4.74 Å². The Kier molecular flexibility index (Phi) is 1.88. The van der Waals surface area contributed by atoms with Gasteiger partial charge in [0.15, 0.2) is 0 Å². The molecule has 2 aliphatic heterocycles. The minimum Gasteiger partial charge on any atom is -0.360 e. The van der Waals surface area contributed by atoms with Gasteiger partial charge in [0, 0.05) is 6.04 Å². The molecule has 0 aromatic rings. The predicted molar refractivity (Wildman–Crippen MR) is 51.4 cm³/mol. The molecule has 1 saturated carbocycles. The molecular weight excluding hydrogens is 162 g/mol. The van der Waals surface area contributed by atoms with E-state index in [0.29, 0.717) is 0 Å². The lowest BCUT2D eigenvalue weighted by Gasteiger charge is -2.34. The predicted octanol–water partition coefficient (Wildman–Crippen LogP) is 2.05. The molecule has 1 aliphatic carbocycles. The summed E-state index contributed by atoms with van der Waals surface area (Å²) in [5.41, 5.74) is 0.117. The number of ether oxygens (including phenoxy) is 1. The van der Waals surface area contributed by atoms with Crippen molar-refractivity contribution in [2.24, 2.45) is 5.92 Å². The van der Waals surface area contributed by atoms with Crippen molar-refractivity contribution in [3.63, 3.8) is 0 Å². The fraction of sp³-hybridized carbons (Fsp3) is 1.00. The quantitative estimate of drug-likeness (QED) is 0.719. The summed E-state index contributed by atoms with van der Waals surface area (Å²) in [6.45, 7) is 1.01. The molecule has 3 fully saturated rings. The third-order valence-electron chi connectivity index (χ3n) is 3.79. The summed E-state index contributed by atoms with van der Waals surface area (Å²) in [6, 6.07) is 0.771. The van der Waals surface area contributed by atoms with E-state index in [1.165, 1.54) is 44.9 Å². The lowest BCUT2D eigenvalue weighted by Crippen LogP contribution is -2.48. The molecule has 2 atom stereocenters. The van der Waals surface area contributed by atoms with E-state index in [9.17, 15) is 0 Å². The summed E-state index contributed by atoms with van der Waals surface area (Å²) in [5, 5.41) is 3.66. The van der Waals surface area contributed by atoms with Gasteiger partial charge in [0.1, 0.15) is 5.72 Å². The molecule has 3 rings (SSSR count). The molecule has 0 radical (unpaired) electrons. The van der Waals surface area contributed by atoms with Gasteiger partial charge in [0.2, 0.25) is 0 Å². The van der Waals surface area contributed by atoms with Gasteiger partial charge in [-0.25, -0.2) is 0 Å². The summed E-state index contributed by atoms with van der Waals surface area (Å²) in [7, 11) is 0. The third kappa shape index (κ3) is 1.62. The number of piperidine rings is 1. The zero-order chi connectivity index (χ0) is 8.73. The summed E-state index contributed by atoms with van der Waals surface area (Å²) >= 11 is 0. The Morgan fingerprint density at radius 3 is 2.92 bits per heavy atom. The third-order valence-corrected chi connectivity index (χ3v) is 3.79. The highest BCUT2D eigenvalue weighted by Gasteiger charge is 2.43. The van der Waals surface area contributed by atoms with Crippen molar-refractivity contribution in [1.29, 1.82) is 0 Å². The Hall–Kier alpha value is -0.0800. The number of hydrogen-bond donors (Lipinski definition) is 1. The molecule has 3 aliphatic rings. The molecule has 2 nitrogen and oxygen atoms in total. The van der Waals surface area contributed by atoms with Crippen LogP contribution in [-0.2, 0) is 4.74 Å². The molecule has 1 N–H and O–H groups in total. The molecule has 2 unspecified atom stereocenters. The van der Waals surface area contributed by atoms with E-state index in [2.05, 4.69) is 5.32 Å². The minimum absolute atomic E-state index is 0.117. The summed E-state index contributed by atoms with van der Waals surface area (Å²) in [5.74, 6) is 0.900. The van der Waals surface area contributed by atoms with Crippen LogP contribution in [0.2, 0.25) is 0 Å². The second kappa shape index (κ2) is 2.96. The van der Waals surface area contributed by atoms with Crippen LogP contribution < -0.4 is 5.32 Å². The fourth-order valence-corrected chi connectivity index (χ4v) is 2.72. The Morgan fingerprint density at radius 1 is 1.15 bits per heavy atom. The second-order valence-electron chi connectivity index (χ2n) is 5.02. The first-order valence-electron chi connectivity index (χ1n) is 5.78.